The van der Waals surface area contributed by atoms with Crippen LogP contribution in [-0.2, 0) is 4.79 Å². The molecule has 0 saturated carbocycles. The number of carbonyl (C=O) groups is 2. The molecule has 4 aliphatic heterocycles. The summed E-state index contributed by atoms with van der Waals surface area (Å²) in [5, 5.41) is 10.4. The van der Waals surface area contributed by atoms with Gasteiger partial charge in [0.15, 0.2) is 0 Å². The van der Waals surface area contributed by atoms with Crippen LogP contribution >= 0.6 is 0 Å². The third kappa shape index (κ3) is 8.34. The molecule has 2 aromatic rings. The van der Waals surface area contributed by atoms with Gasteiger partial charge in [-0.1, -0.05) is 18.9 Å². The van der Waals surface area contributed by atoms with Gasteiger partial charge in [-0.25, -0.2) is 9.37 Å². The Bertz CT molecular complexity index is 1290. The van der Waals surface area contributed by atoms with E-state index in [0.717, 1.165) is 83.5 Å². The van der Waals surface area contributed by atoms with Crippen LogP contribution in [0.4, 0.5) is 16.2 Å². The lowest BCUT2D eigenvalue weighted by molar-refractivity contribution is -0.125. The summed E-state index contributed by atoms with van der Waals surface area (Å²) < 4.78 is 13.8. The number of anilines is 2. The SMILES string of the molecule is O=C(NCC[C@@H]1[C@@H](Nc2nccc(N3CCCCCC3)n2)CCCN1C1CCN(C(=O)c2cccc(F)c2)CC1)C1CCNCC1. The van der Waals surface area contributed by atoms with Gasteiger partial charge in [0.2, 0.25) is 11.9 Å². The van der Waals surface area contributed by atoms with Crippen molar-refractivity contribution in [2.24, 2.45) is 5.92 Å². The van der Waals surface area contributed by atoms with E-state index in [0.29, 0.717) is 37.2 Å². The van der Waals surface area contributed by atoms with Crippen LogP contribution in [0, 0.1) is 11.7 Å². The van der Waals surface area contributed by atoms with Gasteiger partial charge in [-0.2, -0.15) is 4.98 Å². The molecule has 4 saturated heterocycles. The quantitative estimate of drug-likeness (QED) is 0.380. The fourth-order valence-corrected chi connectivity index (χ4v) is 7.91. The van der Waals surface area contributed by atoms with Gasteiger partial charge < -0.3 is 25.8 Å². The summed E-state index contributed by atoms with van der Waals surface area (Å²) in [7, 11) is 0. The first-order valence-corrected chi connectivity index (χ1v) is 17.7. The molecule has 1 aromatic heterocycles. The molecule has 2 atom stereocenters. The Labute approximate surface area is 272 Å². The van der Waals surface area contributed by atoms with Crippen molar-refractivity contribution in [1.29, 1.82) is 0 Å². The van der Waals surface area contributed by atoms with Crippen LogP contribution in [0.1, 0.15) is 81.0 Å². The van der Waals surface area contributed by atoms with Crippen LogP contribution < -0.4 is 20.9 Å². The molecule has 10 nitrogen and oxygen atoms in total. The minimum Gasteiger partial charge on any atom is -0.356 e. The third-order valence-corrected chi connectivity index (χ3v) is 10.4. The van der Waals surface area contributed by atoms with E-state index in [4.69, 9.17) is 4.98 Å². The Kier molecular flexibility index (Phi) is 11.3. The lowest BCUT2D eigenvalue weighted by Crippen LogP contribution is -2.58. The van der Waals surface area contributed by atoms with Crippen molar-refractivity contribution < 1.29 is 14.0 Å². The van der Waals surface area contributed by atoms with Crippen molar-refractivity contribution in [3.8, 4) is 0 Å². The van der Waals surface area contributed by atoms with E-state index in [1.165, 1.54) is 37.8 Å². The van der Waals surface area contributed by atoms with Gasteiger partial charge in [0, 0.05) is 68.5 Å². The molecule has 3 N–H and O–H groups in total. The van der Waals surface area contributed by atoms with Gasteiger partial charge in [0.1, 0.15) is 11.6 Å². The summed E-state index contributed by atoms with van der Waals surface area (Å²) in [6, 6.07) is 8.68. The maximum absolute atomic E-state index is 13.8. The van der Waals surface area contributed by atoms with Crippen molar-refractivity contribution in [2.75, 3.05) is 62.6 Å². The summed E-state index contributed by atoms with van der Waals surface area (Å²) >= 11 is 0. The van der Waals surface area contributed by atoms with Gasteiger partial charge in [-0.05, 0) is 102 Å². The highest BCUT2D eigenvalue weighted by molar-refractivity contribution is 5.94. The van der Waals surface area contributed by atoms with Crippen LogP contribution in [-0.4, -0.2) is 102 Å². The summed E-state index contributed by atoms with van der Waals surface area (Å²) in [6.45, 7) is 6.79. The molecule has 4 aliphatic rings. The van der Waals surface area contributed by atoms with Crippen molar-refractivity contribution >= 4 is 23.6 Å². The Balaban J connectivity index is 1.13. The van der Waals surface area contributed by atoms with Crippen LogP contribution in [0.3, 0.4) is 0 Å². The van der Waals surface area contributed by atoms with E-state index >= 15 is 0 Å². The molecule has 0 radical (unpaired) electrons. The number of nitrogens with one attached hydrogen (secondary N) is 3. The second kappa shape index (κ2) is 16.0. The number of aromatic nitrogens is 2. The maximum Gasteiger partial charge on any atom is 0.253 e. The normalized spacial score (nSPS) is 23.9. The summed E-state index contributed by atoms with van der Waals surface area (Å²) in [4.78, 5) is 42.6. The fraction of sp³-hybridized carbons (Fsp3) is 0.657. The number of hydrogen-bond donors (Lipinski definition) is 3. The molecule has 1 aromatic carbocycles. The fourth-order valence-electron chi connectivity index (χ4n) is 7.91. The first kappa shape index (κ1) is 32.6. The van der Waals surface area contributed by atoms with Gasteiger partial charge >= 0.3 is 0 Å². The topological polar surface area (TPSA) is 106 Å². The zero-order valence-corrected chi connectivity index (χ0v) is 27.1. The number of rotatable bonds is 9. The highest BCUT2D eigenvalue weighted by atomic mass is 19.1. The second-order valence-electron chi connectivity index (χ2n) is 13.5. The van der Waals surface area contributed by atoms with Crippen molar-refractivity contribution in [1.82, 2.24) is 30.4 Å². The second-order valence-corrected chi connectivity index (χ2v) is 13.5. The first-order valence-electron chi connectivity index (χ1n) is 17.7. The molecule has 2 amide bonds. The molecule has 250 valence electrons. The average Bonchev–Trinajstić information content (AvgIpc) is 3.39. The van der Waals surface area contributed by atoms with E-state index in [-0.39, 0.29) is 35.6 Å². The van der Waals surface area contributed by atoms with Crippen LogP contribution in [0.2, 0.25) is 0 Å². The molecule has 5 heterocycles. The Morgan fingerprint density at radius 2 is 1.70 bits per heavy atom. The standard InChI is InChI=1S/C35H51FN8O2/c36-28-8-5-7-27(25-28)34(46)43-23-14-29(15-24-43)44-22-6-9-30(31(44)12-18-38-33(45)26-10-16-37-17-11-26)40-35-39-19-13-32(41-35)42-20-3-1-2-4-21-42/h5,7-8,13,19,25-26,29-31,37H,1-4,6,9-12,14-18,20-24H2,(H,38,45)(H,39,40,41)/t30-,31+/m0/s1. The number of piperidine rings is 3. The van der Waals surface area contributed by atoms with Gasteiger partial charge in [0.05, 0.1) is 0 Å². The molecule has 6 rings (SSSR count). The summed E-state index contributed by atoms with van der Waals surface area (Å²) in [6.07, 6.45) is 13.2. The Hall–Kier alpha value is -3.31. The summed E-state index contributed by atoms with van der Waals surface area (Å²) in [5.74, 6) is 1.44. The Morgan fingerprint density at radius 1 is 0.913 bits per heavy atom. The number of carbonyl (C=O) groups excluding carboxylic acids is 2. The maximum atomic E-state index is 13.8. The van der Waals surface area contributed by atoms with Crippen LogP contribution in [0.5, 0.6) is 0 Å². The highest BCUT2D eigenvalue weighted by Gasteiger charge is 2.38. The molecule has 0 bridgehead atoms. The van der Waals surface area contributed by atoms with Crippen molar-refractivity contribution in [3.05, 3.63) is 47.9 Å². The molecule has 0 aliphatic carbocycles. The number of hydrogen-bond acceptors (Lipinski definition) is 8. The van der Waals surface area contributed by atoms with Gasteiger partial charge in [0.25, 0.3) is 5.91 Å². The minimum absolute atomic E-state index is 0.0905. The number of likely N-dealkylation sites (tertiary alicyclic amines) is 2. The number of halogens is 1. The largest absolute Gasteiger partial charge is 0.356 e. The predicted molar refractivity (Wildman–Crippen MR) is 178 cm³/mol. The van der Waals surface area contributed by atoms with E-state index in [9.17, 15) is 14.0 Å². The lowest BCUT2D eigenvalue weighted by Gasteiger charge is -2.48. The predicted octanol–water partition coefficient (Wildman–Crippen LogP) is 4.05. The Morgan fingerprint density at radius 3 is 2.46 bits per heavy atom. The van der Waals surface area contributed by atoms with Crippen LogP contribution in [0.25, 0.3) is 0 Å². The zero-order chi connectivity index (χ0) is 31.7. The van der Waals surface area contributed by atoms with Gasteiger partial charge in [-0.3, -0.25) is 14.5 Å². The van der Waals surface area contributed by atoms with E-state index in [2.05, 4.69) is 30.7 Å². The number of nitrogens with zero attached hydrogens (tertiary/aromatic N) is 5. The monoisotopic (exact) mass is 634 g/mol. The molecule has 4 fully saturated rings. The van der Waals surface area contributed by atoms with E-state index in [1.54, 1.807) is 12.1 Å². The first-order chi connectivity index (χ1) is 22.5. The average molecular weight is 635 g/mol. The highest BCUT2D eigenvalue weighted by Crippen LogP contribution is 2.30. The molecule has 11 heteroatoms. The number of amides is 2. The zero-order valence-electron chi connectivity index (χ0n) is 27.1. The molecule has 46 heavy (non-hydrogen) atoms. The summed E-state index contributed by atoms with van der Waals surface area (Å²) in [5.41, 5.74) is 0.408. The lowest BCUT2D eigenvalue weighted by atomic mass is 9.89. The molecular weight excluding hydrogens is 583 g/mol. The van der Waals surface area contributed by atoms with Crippen molar-refractivity contribution in [3.63, 3.8) is 0 Å². The minimum atomic E-state index is -0.386. The third-order valence-electron chi connectivity index (χ3n) is 10.4. The number of benzene rings is 1. The van der Waals surface area contributed by atoms with E-state index in [1.807, 2.05) is 17.2 Å². The van der Waals surface area contributed by atoms with Crippen molar-refractivity contribution in [2.45, 2.75) is 88.8 Å². The smallest absolute Gasteiger partial charge is 0.253 e. The van der Waals surface area contributed by atoms with Gasteiger partial charge in [-0.15, -0.1) is 0 Å². The molecule has 0 unspecified atom stereocenters. The molecular formula is C35H51FN8O2. The van der Waals surface area contributed by atoms with E-state index < -0.39 is 0 Å². The van der Waals surface area contributed by atoms with Crippen LogP contribution in [0.15, 0.2) is 36.5 Å². The molecule has 0 spiro atoms.